The first kappa shape index (κ1) is 16.5. The van der Waals surface area contributed by atoms with Crippen LogP contribution in [0.25, 0.3) is 0 Å². The van der Waals surface area contributed by atoms with E-state index in [4.69, 9.17) is 10.9 Å². The first-order valence-electron chi connectivity index (χ1n) is 7.03. The summed E-state index contributed by atoms with van der Waals surface area (Å²) < 4.78 is 0. The zero-order valence-electron chi connectivity index (χ0n) is 12.7. The average Bonchev–Trinajstić information content (AvgIpc) is 2.59. The summed E-state index contributed by atoms with van der Waals surface area (Å²) in [6.45, 7) is 1.85. The van der Waals surface area contributed by atoms with Gasteiger partial charge in [0.15, 0.2) is 0 Å². The molecule has 0 aliphatic carbocycles. The second kappa shape index (κ2) is 8.51. The minimum Gasteiger partial charge on any atom is -0.394 e. The zero-order chi connectivity index (χ0) is 16.5. The van der Waals surface area contributed by atoms with Gasteiger partial charge < -0.3 is 10.4 Å². The molecule has 0 radical (unpaired) electrons. The molecule has 0 fully saturated rings. The van der Waals surface area contributed by atoms with Crippen molar-refractivity contribution in [2.45, 2.75) is 13.0 Å². The summed E-state index contributed by atoms with van der Waals surface area (Å²) >= 11 is 0. The molecule has 0 amide bonds. The molecule has 0 aliphatic heterocycles. The lowest BCUT2D eigenvalue weighted by atomic mass is 10.3. The lowest BCUT2D eigenvalue weighted by molar-refractivity contribution is 0.281. The first-order chi connectivity index (χ1) is 11.2. The van der Waals surface area contributed by atoms with Gasteiger partial charge in [-0.05, 0) is 19.1 Å². The van der Waals surface area contributed by atoms with Crippen molar-refractivity contribution in [3.8, 4) is 0 Å². The molecule has 0 saturated heterocycles. The minimum atomic E-state index is -0.105. The van der Waals surface area contributed by atoms with E-state index in [2.05, 4.69) is 36.6 Å². The number of hydrogen-bond donors (Lipinski definition) is 6. The Morgan fingerprint density at radius 2 is 2.00 bits per heavy atom. The van der Waals surface area contributed by atoms with Crippen molar-refractivity contribution in [3.05, 3.63) is 42.7 Å². The summed E-state index contributed by atoms with van der Waals surface area (Å²) in [6.07, 6.45) is 1.40. The third-order valence-electron chi connectivity index (χ3n) is 2.78. The van der Waals surface area contributed by atoms with E-state index in [9.17, 15) is 0 Å². The molecule has 0 aliphatic rings. The fourth-order valence-electron chi connectivity index (χ4n) is 1.65. The molecule has 2 aromatic rings. The van der Waals surface area contributed by atoms with Crippen molar-refractivity contribution >= 4 is 23.3 Å². The lowest BCUT2D eigenvalue weighted by Gasteiger charge is -2.13. The van der Waals surface area contributed by atoms with Gasteiger partial charge in [0.25, 0.3) is 0 Å². The number of guanidine groups is 1. The molecule has 1 aromatic heterocycles. The maximum Gasteiger partial charge on any atom is 0.230 e. The van der Waals surface area contributed by atoms with Gasteiger partial charge in [-0.1, -0.05) is 18.2 Å². The van der Waals surface area contributed by atoms with Crippen LogP contribution in [0.4, 0.5) is 17.3 Å². The number of rotatable bonds is 6. The van der Waals surface area contributed by atoms with Crippen LogP contribution in [0.1, 0.15) is 6.92 Å². The predicted octanol–water partition coefficient (Wildman–Crippen LogP) is 0.337. The largest absolute Gasteiger partial charge is 0.394 e. The number of hydrogen-bond acceptors (Lipinski definition) is 7. The standard InChI is InChI=1S/C14H20N8O/c1-10(8-23)18-12-7-13(17-9-16-12)21-22-14(20-15)19-11-5-3-2-4-6-11/h2-7,9-10,23H,8,15H2,1H3,(H2,19,20,22)(H2,16,17,18,21)/t10-/m0/s1. The number of nitrogens with one attached hydrogen (secondary N) is 4. The van der Waals surface area contributed by atoms with Gasteiger partial charge in [-0.2, -0.15) is 0 Å². The van der Waals surface area contributed by atoms with Gasteiger partial charge in [-0.3, -0.25) is 16.3 Å². The second-order valence-corrected chi connectivity index (χ2v) is 4.71. The summed E-state index contributed by atoms with van der Waals surface area (Å²) in [4.78, 5) is 12.4. The number of aliphatic hydroxyl groups is 1. The molecule has 9 heteroatoms. The van der Waals surface area contributed by atoms with Crippen LogP contribution in [0.3, 0.4) is 0 Å². The number of nitrogens with zero attached hydrogens (tertiary/aromatic N) is 3. The number of para-hydroxylation sites is 1. The van der Waals surface area contributed by atoms with E-state index < -0.39 is 0 Å². The summed E-state index contributed by atoms with van der Waals surface area (Å²) in [5.74, 6) is 6.88. The highest BCUT2D eigenvalue weighted by Crippen LogP contribution is 2.10. The molecular weight excluding hydrogens is 296 g/mol. The van der Waals surface area contributed by atoms with Crippen LogP contribution in [0.2, 0.25) is 0 Å². The molecule has 9 nitrogen and oxygen atoms in total. The van der Waals surface area contributed by atoms with Crippen LogP contribution in [0.5, 0.6) is 0 Å². The lowest BCUT2D eigenvalue weighted by Crippen LogP contribution is -2.44. The summed E-state index contributed by atoms with van der Waals surface area (Å²) in [5.41, 5.74) is 8.90. The molecule has 0 saturated carbocycles. The Morgan fingerprint density at radius 1 is 1.26 bits per heavy atom. The van der Waals surface area contributed by atoms with Gasteiger partial charge in [0, 0.05) is 12.1 Å². The fourth-order valence-corrected chi connectivity index (χ4v) is 1.65. The molecule has 2 rings (SSSR count). The summed E-state index contributed by atoms with van der Waals surface area (Å²) in [7, 11) is 0. The molecule has 0 spiro atoms. The summed E-state index contributed by atoms with van der Waals surface area (Å²) in [5, 5.41) is 12.1. The van der Waals surface area contributed by atoms with Crippen LogP contribution < -0.4 is 27.4 Å². The maximum atomic E-state index is 9.04. The van der Waals surface area contributed by atoms with Crippen LogP contribution in [0.15, 0.2) is 47.7 Å². The Morgan fingerprint density at radius 3 is 2.70 bits per heavy atom. The van der Waals surface area contributed by atoms with Gasteiger partial charge in [-0.15, -0.1) is 0 Å². The Hall–Kier alpha value is -2.91. The molecule has 1 heterocycles. The highest BCUT2D eigenvalue weighted by molar-refractivity contribution is 5.83. The molecule has 7 N–H and O–H groups in total. The molecular formula is C14H20N8O. The van der Waals surface area contributed by atoms with Gasteiger partial charge in [0.1, 0.15) is 18.0 Å². The van der Waals surface area contributed by atoms with Gasteiger partial charge in [-0.25, -0.2) is 20.8 Å². The van der Waals surface area contributed by atoms with Crippen LogP contribution >= 0.6 is 0 Å². The monoisotopic (exact) mass is 316 g/mol. The molecule has 122 valence electrons. The smallest absolute Gasteiger partial charge is 0.230 e. The highest BCUT2D eigenvalue weighted by Gasteiger charge is 2.03. The highest BCUT2D eigenvalue weighted by atomic mass is 16.3. The van der Waals surface area contributed by atoms with Gasteiger partial charge in [0.05, 0.1) is 12.3 Å². The fraction of sp³-hybridized carbons (Fsp3) is 0.214. The van der Waals surface area contributed by atoms with E-state index in [0.717, 1.165) is 5.69 Å². The first-order valence-corrected chi connectivity index (χ1v) is 7.03. The number of hydrazine groups is 2. The predicted molar refractivity (Wildman–Crippen MR) is 89.8 cm³/mol. The maximum absolute atomic E-state index is 9.04. The molecule has 1 aromatic carbocycles. The average molecular weight is 316 g/mol. The van der Waals surface area contributed by atoms with Crippen LogP contribution in [-0.4, -0.2) is 33.7 Å². The SMILES string of the molecule is C[C@@H](CO)Nc1cc(NNC(=Nc2ccccc2)NN)ncn1. The Bertz CT molecular complexity index is 634. The van der Waals surface area contributed by atoms with E-state index in [1.54, 1.807) is 6.07 Å². The third kappa shape index (κ3) is 5.41. The van der Waals surface area contributed by atoms with E-state index >= 15 is 0 Å². The van der Waals surface area contributed by atoms with Gasteiger partial charge >= 0.3 is 0 Å². The number of anilines is 2. The Balaban J connectivity index is 1.99. The van der Waals surface area contributed by atoms with Crippen molar-refractivity contribution in [1.82, 2.24) is 20.8 Å². The van der Waals surface area contributed by atoms with Crippen molar-refractivity contribution < 1.29 is 5.11 Å². The van der Waals surface area contributed by atoms with Crippen molar-refractivity contribution in [2.24, 2.45) is 10.8 Å². The number of aliphatic hydroxyl groups excluding tert-OH is 1. The zero-order valence-corrected chi connectivity index (χ0v) is 12.7. The van der Waals surface area contributed by atoms with E-state index in [1.807, 2.05) is 37.3 Å². The molecule has 0 bridgehead atoms. The van der Waals surface area contributed by atoms with E-state index in [-0.39, 0.29) is 12.6 Å². The van der Waals surface area contributed by atoms with Crippen molar-refractivity contribution in [3.63, 3.8) is 0 Å². The quantitative estimate of drug-likeness (QED) is 0.194. The Labute approximate surface area is 134 Å². The van der Waals surface area contributed by atoms with Crippen molar-refractivity contribution in [2.75, 3.05) is 17.3 Å². The third-order valence-corrected chi connectivity index (χ3v) is 2.78. The van der Waals surface area contributed by atoms with Crippen LogP contribution in [-0.2, 0) is 0 Å². The number of nitrogens with two attached hydrogens (primary N) is 1. The normalized spacial score (nSPS) is 12.4. The van der Waals surface area contributed by atoms with Crippen LogP contribution in [0, 0.1) is 0 Å². The van der Waals surface area contributed by atoms with E-state index in [0.29, 0.717) is 17.6 Å². The minimum absolute atomic E-state index is 0.00991. The second-order valence-electron chi connectivity index (χ2n) is 4.71. The molecule has 1 atom stereocenters. The van der Waals surface area contributed by atoms with E-state index in [1.165, 1.54) is 6.33 Å². The molecule has 23 heavy (non-hydrogen) atoms. The summed E-state index contributed by atoms with van der Waals surface area (Å²) in [6, 6.07) is 10.9. The number of aromatic nitrogens is 2. The number of benzene rings is 1. The molecule has 0 unspecified atom stereocenters. The Kier molecular flexibility index (Phi) is 6.09. The van der Waals surface area contributed by atoms with Gasteiger partial charge in [0.2, 0.25) is 5.96 Å². The number of aliphatic imine (C=N–C) groups is 1. The topological polar surface area (TPSA) is 133 Å². The van der Waals surface area contributed by atoms with Crippen molar-refractivity contribution in [1.29, 1.82) is 0 Å².